The first-order valence-electron chi connectivity index (χ1n) is 8.98. The summed E-state index contributed by atoms with van der Waals surface area (Å²) in [6.07, 6.45) is 1.70. The number of anilines is 4. The number of hydrogen-bond acceptors (Lipinski definition) is 6. The quantitative estimate of drug-likeness (QED) is 0.470. The minimum absolute atomic E-state index is 0.239. The molecule has 1 aromatic carbocycles. The average Bonchev–Trinajstić information content (AvgIpc) is 2.71. The van der Waals surface area contributed by atoms with Crippen LogP contribution in [0.1, 0.15) is 11.1 Å². The molecule has 3 aromatic rings. The molecule has 3 rings (SSSR count). The van der Waals surface area contributed by atoms with Crippen molar-refractivity contribution < 1.29 is 4.79 Å². The smallest absolute Gasteiger partial charge is 0.319 e. The highest BCUT2D eigenvalue weighted by Gasteiger charge is 2.05. The van der Waals surface area contributed by atoms with Gasteiger partial charge in [-0.1, -0.05) is 18.2 Å². The van der Waals surface area contributed by atoms with Gasteiger partial charge >= 0.3 is 6.03 Å². The zero-order valence-electron chi connectivity index (χ0n) is 15.9. The van der Waals surface area contributed by atoms with Crippen LogP contribution in [0.25, 0.3) is 0 Å². The van der Waals surface area contributed by atoms with E-state index in [9.17, 15) is 4.79 Å². The van der Waals surface area contributed by atoms with Crippen molar-refractivity contribution in [1.29, 1.82) is 0 Å². The van der Waals surface area contributed by atoms with E-state index in [1.54, 1.807) is 6.20 Å². The lowest BCUT2D eigenvalue weighted by Crippen LogP contribution is -2.33. The molecule has 0 bridgehead atoms. The molecule has 0 saturated heterocycles. The van der Waals surface area contributed by atoms with E-state index in [-0.39, 0.29) is 6.03 Å². The van der Waals surface area contributed by atoms with E-state index in [0.717, 1.165) is 16.8 Å². The van der Waals surface area contributed by atoms with Crippen molar-refractivity contribution in [2.24, 2.45) is 0 Å². The molecular weight excluding hydrogens is 354 g/mol. The predicted molar refractivity (Wildman–Crippen MR) is 111 cm³/mol. The maximum atomic E-state index is 12.0. The van der Waals surface area contributed by atoms with Crippen molar-refractivity contribution in [3.8, 4) is 0 Å². The summed E-state index contributed by atoms with van der Waals surface area (Å²) in [5.41, 5.74) is 3.01. The van der Waals surface area contributed by atoms with Crippen LogP contribution >= 0.6 is 0 Å². The van der Waals surface area contributed by atoms with E-state index in [0.29, 0.717) is 30.5 Å². The van der Waals surface area contributed by atoms with Crippen LogP contribution in [0, 0.1) is 13.8 Å². The summed E-state index contributed by atoms with van der Waals surface area (Å²) in [4.78, 5) is 16.2. The van der Waals surface area contributed by atoms with E-state index in [1.165, 1.54) is 0 Å². The number of nitrogens with zero attached hydrogens (tertiary/aromatic N) is 3. The number of urea groups is 1. The van der Waals surface area contributed by atoms with Gasteiger partial charge in [-0.25, -0.2) is 9.78 Å². The number of rotatable bonds is 7. The second kappa shape index (κ2) is 9.31. The van der Waals surface area contributed by atoms with E-state index in [4.69, 9.17) is 0 Å². The minimum atomic E-state index is -0.239. The van der Waals surface area contributed by atoms with Gasteiger partial charge < -0.3 is 21.3 Å². The van der Waals surface area contributed by atoms with Crippen molar-refractivity contribution in [2.75, 3.05) is 29.0 Å². The SMILES string of the molecule is Cc1cccc(NC(=O)NCCNc2ccc(Nc3ccccn3)nn2)c1C. The highest BCUT2D eigenvalue weighted by Crippen LogP contribution is 2.17. The molecule has 2 aromatic heterocycles. The van der Waals surface area contributed by atoms with Gasteiger partial charge in [-0.05, 0) is 55.3 Å². The normalized spacial score (nSPS) is 10.2. The van der Waals surface area contributed by atoms with Crippen molar-refractivity contribution in [2.45, 2.75) is 13.8 Å². The molecule has 0 aliphatic rings. The van der Waals surface area contributed by atoms with Crippen LogP contribution < -0.4 is 21.3 Å². The molecule has 0 unspecified atom stereocenters. The second-order valence-electron chi connectivity index (χ2n) is 6.20. The minimum Gasteiger partial charge on any atom is -0.367 e. The fourth-order valence-electron chi connectivity index (χ4n) is 2.48. The fraction of sp³-hybridized carbons (Fsp3) is 0.200. The van der Waals surface area contributed by atoms with E-state index in [1.807, 2.05) is 62.4 Å². The number of carbonyl (C=O) groups is 1. The highest BCUT2D eigenvalue weighted by molar-refractivity contribution is 5.90. The maximum Gasteiger partial charge on any atom is 0.319 e. The molecule has 8 nitrogen and oxygen atoms in total. The highest BCUT2D eigenvalue weighted by atomic mass is 16.2. The third kappa shape index (κ3) is 5.41. The Hall–Kier alpha value is -3.68. The van der Waals surface area contributed by atoms with Crippen LogP contribution in [-0.2, 0) is 0 Å². The number of nitrogens with one attached hydrogen (secondary N) is 4. The number of benzene rings is 1. The largest absolute Gasteiger partial charge is 0.367 e. The van der Waals surface area contributed by atoms with Crippen molar-refractivity contribution in [1.82, 2.24) is 20.5 Å². The summed E-state index contributed by atoms with van der Waals surface area (Å²) in [6, 6.07) is 14.8. The van der Waals surface area contributed by atoms with Gasteiger partial charge in [0.25, 0.3) is 0 Å². The topological polar surface area (TPSA) is 104 Å². The number of aryl methyl sites for hydroxylation is 1. The zero-order valence-corrected chi connectivity index (χ0v) is 15.9. The third-order valence-corrected chi connectivity index (χ3v) is 4.16. The maximum absolute atomic E-state index is 12.0. The average molecular weight is 377 g/mol. The van der Waals surface area contributed by atoms with Gasteiger partial charge in [0.05, 0.1) is 0 Å². The molecular formula is C20H23N7O. The Balaban J connectivity index is 1.40. The lowest BCUT2D eigenvalue weighted by Gasteiger charge is -2.12. The molecule has 2 heterocycles. The Morgan fingerprint density at radius 2 is 1.71 bits per heavy atom. The van der Waals surface area contributed by atoms with Crippen molar-refractivity contribution in [3.63, 3.8) is 0 Å². The second-order valence-corrected chi connectivity index (χ2v) is 6.20. The van der Waals surface area contributed by atoms with Gasteiger partial charge in [-0.15, -0.1) is 10.2 Å². The summed E-state index contributed by atoms with van der Waals surface area (Å²) >= 11 is 0. The van der Waals surface area contributed by atoms with Gasteiger partial charge in [0.2, 0.25) is 0 Å². The standard InChI is InChI=1S/C20H23N7O/c1-14-6-5-7-16(15(14)2)24-20(28)23-13-12-22-18-9-10-19(27-26-18)25-17-8-3-4-11-21-17/h3-11H,12-13H2,1-2H3,(H,22,26)(H,21,25,27)(H2,23,24,28). The Bertz CT molecular complexity index is 914. The lowest BCUT2D eigenvalue weighted by atomic mass is 10.1. The van der Waals surface area contributed by atoms with Crippen LogP contribution in [0.3, 0.4) is 0 Å². The molecule has 0 radical (unpaired) electrons. The zero-order chi connectivity index (χ0) is 19.8. The molecule has 0 fully saturated rings. The number of carbonyl (C=O) groups excluding carboxylic acids is 1. The van der Waals surface area contributed by atoms with Gasteiger partial charge in [0.15, 0.2) is 5.82 Å². The molecule has 2 amide bonds. The van der Waals surface area contributed by atoms with E-state index in [2.05, 4.69) is 36.4 Å². The number of aromatic nitrogens is 3. The predicted octanol–water partition coefficient (Wildman–Crippen LogP) is 3.47. The van der Waals surface area contributed by atoms with Crippen LogP contribution in [0.2, 0.25) is 0 Å². The molecule has 4 N–H and O–H groups in total. The summed E-state index contributed by atoms with van der Waals surface area (Å²) in [5, 5.41) is 20.1. The molecule has 0 saturated carbocycles. The molecule has 0 aliphatic carbocycles. The van der Waals surface area contributed by atoms with Crippen LogP contribution in [-0.4, -0.2) is 34.3 Å². The first kappa shape index (κ1) is 19.1. The number of amides is 2. The lowest BCUT2D eigenvalue weighted by molar-refractivity contribution is 0.252. The van der Waals surface area contributed by atoms with Gasteiger partial charge in [0.1, 0.15) is 11.6 Å². The third-order valence-electron chi connectivity index (χ3n) is 4.16. The molecule has 0 spiro atoms. The summed E-state index contributed by atoms with van der Waals surface area (Å²) in [6.45, 7) is 4.98. The molecule has 8 heteroatoms. The van der Waals surface area contributed by atoms with Gasteiger partial charge in [-0.2, -0.15) is 0 Å². The van der Waals surface area contributed by atoms with Crippen molar-refractivity contribution >= 4 is 29.2 Å². The summed E-state index contributed by atoms with van der Waals surface area (Å²) in [7, 11) is 0. The molecule has 0 aliphatic heterocycles. The molecule has 0 atom stereocenters. The van der Waals surface area contributed by atoms with Crippen molar-refractivity contribution in [3.05, 3.63) is 65.9 Å². The van der Waals surface area contributed by atoms with E-state index < -0.39 is 0 Å². The number of pyridine rings is 1. The molecule has 144 valence electrons. The first-order valence-corrected chi connectivity index (χ1v) is 8.98. The van der Waals surface area contributed by atoms with Gasteiger partial charge in [-0.3, -0.25) is 0 Å². The Kier molecular flexibility index (Phi) is 6.35. The molecule has 28 heavy (non-hydrogen) atoms. The fourth-order valence-corrected chi connectivity index (χ4v) is 2.48. The number of hydrogen-bond donors (Lipinski definition) is 4. The van der Waals surface area contributed by atoms with Crippen LogP contribution in [0.15, 0.2) is 54.7 Å². The Morgan fingerprint density at radius 3 is 2.46 bits per heavy atom. The summed E-state index contributed by atoms with van der Waals surface area (Å²) < 4.78 is 0. The Labute approximate surface area is 163 Å². The van der Waals surface area contributed by atoms with Crippen LogP contribution in [0.4, 0.5) is 27.9 Å². The monoisotopic (exact) mass is 377 g/mol. The summed E-state index contributed by atoms with van der Waals surface area (Å²) in [5.74, 6) is 1.94. The van der Waals surface area contributed by atoms with E-state index >= 15 is 0 Å². The first-order chi connectivity index (χ1) is 13.6. The van der Waals surface area contributed by atoms with Crippen LogP contribution in [0.5, 0.6) is 0 Å². The Morgan fingerprint density at radius 1 is 0.893 bits per heavy atom. The van der Waals surface area contributed by atoms with Gasteiger partial charge in [0, 0.05) is 25.0 Å².